The third kappa shape index (κ3) is 5.33. The first-order valence-electron chi connectivity index (χ1n) is 11.1. The molecule has 0 unspecified atom stereocenters. The second-order valence-electron chi connectivity index (χ2n) is 7.83. The molecule has 10 nitrogen and oxygen atoms in total. The molecule has 0 aliphatic carbocycles. The fourth-order valence-corrected chi connectivity index (χ4v) is 3.57. The van der Waals surface area contributed by atoms with Gasteiger partial charge in [-0.2, -0.15) is 5.10 Å². The smallest absolute Gasteiger partial charge is 0.310 e. The van der Waals surface area contributed by atoms with Crippen molar-refractivity contribution in [3.63, 3.8) is 0 Å². The van der Waals surface area contributed by atoms with Crippen molar-refractivity contribution in [3.05, 3.63) is 103 Å². The number of amides is 1. The topological polar surface area (TPSA) is 117 Å². The number of benzene rings is 3. The predicted molar refractivity (Wildman–Crippen MR) is 131 cm³/mol. The highest BCUT2D eigenvalue weighted by Crippen LogP contribution is 2.24. The summed E-state index contributed by atoms with van der Waals surface area (Å²) in [5.41, 5.74) is 3.92. The summed E-state index contributed by atoms with van der Waals surface area (Å²) in [6.45, 7) is -0.415. The summed E-state index contributed by atoms with van der Waals surface area (Å²) in [6, 6.07) is 28.1. The number of tetrazole rings is 1. The number of anilines is 1. The van der Waals surface area contributed by atoms with E-state index in [4.69, 9.17) is 4.74 Å². The van der Waals surface area contributed by atoms with Crippen molar-refractivity contribution in [2.75, 3.05) is 11.9 Å². The summed E-state index contributed by atoms with van der Waals surface area (Å²) < 4.78 is 8.36. The van der Waals surface area contributed by atoms with E-state index in [2.05, 4.69) is 25.9 Å². The minimum atomic E-state index is -0.512. The average molecular weight is 480 g/mol. The normalized spacial score (nSPS) is 10.7. The lowest BCUT2D eigenvalue weighted by Gasteiger charge is -2.09. The fraction of sp³-hybridized carbons (Fsp3) is 0.0769. The molecule has 0 saturated heterocycles. The molecule has 3 aromatic carbocycles. The van der Waals surface area contributed by atoms with E-state index in [1.807, 2.05) is 60.7 Å². The highest BCUT2D eigenvalue weighted by molar-refractivity contribution is 5.93. The van der Waals surface area contributed by atoms with E-state index >= 15 is 0 Å². The molecule has 0 atom stereocenters. The third-order valence-corrected chi connectivity index (χ3v) is 5.31. The van der Waals surface area contributed by atoms with E-state index < -0.39 is 18.5 Å². The van der Waals surface area contributed by atoms with E-state index in [-0.39, 0.29) is 6.42 Å². The lowest BCUT2D eigenvalue weighted by molar-refractivity contribution is -0.146. The van der Waals surface area contributed by atoms with Crippen LogP contribution < -0.4 is 5.32 Å². The van der Waals surface area contributed by atoms with Gasteiger partial charge in [-0.05, 0) is 40.3 Å². The first kappa shape index (κ1) is 22.7. The average Bonchev–Trinajstić information content (AvgIpc) is 3.60. The Morgan fingerprint density at radius 1 is 0.861 bits per heavy atom. The van der Waals surface area contributed by atoms with E-state index in [0.29, 0.717) is 11.5 Å². The minimum Gasteiger partial charge on any atom is -0.455 e. The molecule has 178 valence electrons. The van der Waals surface area contributed by atoms with Crippen LogP contribution in [0.15, 0.2) is 97.3 Å². The van der Waals surface area contributed by atoms with Crippen molar-refractivity contribution in [1.82, 2.24) is 30.0 Å². The molecule has 5 aromatic rings. The summed E-state index contributed by atoms with van der Waals surface area (Å²) in [5.74, 6) is -0.504. The van der Waals surface area contributed by atoms with Gasteiger partial charge >= 0.3 is 5.97 Å². The first-order valence-corrected chi connectivity index (χ1v) is 11.1. The molecule has 2 heterocycles. The third-order valence-electron chi connectivity index (χ3n) is 5.31. The Balaban J connectivity index is 1.22. The van der Waals surface area contributed by atoms with Crippen molar-refractivity contribution in [1.29, 1.82) is 0 Å². The quantitative estimate of drug-likeness (QED) is 0.340. The number of para-hydroxylation sites is 1. The summed E-state index contributed by atoms with van der Waals surface area (Å²) in [4.78, 5) is 24.9. The zero-order valence-electron chi connectivity index (χ0n) is 19.1. The van der Waals surface area contributed by atoms with Crippen LogP contribution in [0.3, 0.4) is 0 Å². The van der Waals surface area contributed by atoms with Gasteiger partial charge < -0.3 is 10.1 Å². The van der Waals surface area contributed by atoms with Crippen LogP contribution in [0.1, 0.15) is 5.56 Å². The molecule has 0 aliphatic heterocycles. The first-order chi connectivity index (χ1) is 17.7. The number of hydrogen-bond acceptors (Lipinski definition) is 7. The molecular formula is C26H21N7O3. The summed E-state index contributed by atoms with van der Waals surface area (Å²) >= 11 is 0. The maximum atomic E-state index is 12.6. The monoisotopic (exact) mass is 479 g/mol. The molecular weight excluding hydrogens is 458 g/mol. The Labute approximate surface area is 206 Å². The maximum absolute atomic E-state index is 12.6. The van der Waals surface area contributed by atoms with E-state index in [1.54, 1.807) is 35.0 Å². The molecule has 2 aromatic heterocycles. The van der Waals surface area contributed by atoms with Crippen LogP contribution in [-0.2, 0) is 20.7 Å². The maximum Gasteiger partial charge on any atom is 0.310 e. The van der Waals surface area contributed by atoms with Gasteiger partial charge in [0.1, 0.15) is 12.1 Å². The number of nitrogens with one attached hydrogen (secondary N) is 1. The Morgan fingerprint density at radius 3 is 2.28 bits per heavy atom. The van der Waals surface area contributed by atoms with Crippen LogP contribution in [0.2, 0.25) is 0 Å². The Bertz CT molecular complexity index is 1450. The molecule has 0 spiro atoms. The van der Waals surface area contributed by atoms with Gasteiger partial charge in [0, 0.05) is 11.6 Å². The van der Waals surface area contributed by atoms with Crippen LogP contribution in [0.25, 0.3) is 22.6 Å². The molecule has 36 heavy (non-hydrogen) atoms. The van der Waals surface area contributed by atoms with Crippen LogP contribution >= 0.6 is 0 Å². The molecule has 10 heteroatoms. The molecule has 0 aliphatic rings. The van der Waals surface area contributed by atoms with Crippen molar-refractivity contribution in [2.24, 2.45) is 0 Å². The Morgan fingerprint density at radius 2 is 1.58 bits per heavy atom. The van der Waals surface area contributed by atoms with Crippen molar-refractivity contribution < 1.29 is 14.3 Å². The van der Waals surface area contributed by atoms with Gasteiger partial charge in [0.05, 0.1) is 23.5 Å². The van der Waals surface area contributed by atoms with E-state index in [0.717, 1.165) is 22.5 Å². The van der Waals surface area contributed by atoms with Gasteiger partial charge in [-0.3, -0.25) is 9.59 Å². The van der Waals surface area contributed by atoms with Gasteiger partial charge in [-0.1, -0.05) is 60.7 Å². The number of carbonyl (C=O) groups is 2. The van der Waals surface area contributed by atoms with Crippen LogP contribution in [0.5, 0.6) is 0 Å². The Kier molecular flexibility index (Phi) is 6.57. The molecule has 1 amide bonds. The molecule has 1 N–H and O–H groups in total. The van der Waals surface area contributed by atoms with Gasteiger partial charge in [0.15, 0.2) is 6.61 Å². The number of esters is 1. The lowest BCUT2D eigenvalue weighted by atomic mass is 10.1. The second kappa shape index (κ2) is 10.4. The van der Waals surface area contributed by atoms with Gasteiger partial charge in [0.25, 0.3) is 5.91 Å². The summed E-state index contributed by atoms with van der Waals surface area (Å²) in [5, 5.41) is 18.5. The highest BCUT2D eigenvalue weighted by Gasteiger charge is 2.15. The minimum absolute atomic E-state index is 0.0310. The molecule has 0 saturated carbocycles. The lowest BCUT2D eigenvalue weighted by Crippen LogP contribution is -2.23. The van der Waals surface area contributed by atoms with Gasteiger partial charge in [-0.15, -0.1) is 5.10 Å². The number of aromatic nitrogens is 6. The van der Waals surface area contributed by atoms with Crippen molar-refractivity contribution >= 4 is 17.7 Å². The predicted octanol–water partition coefficient (Wildman–Crippen LogP) is 3.24. The fourth-order valence-electron chi connectivity index (χ4n) is 3.57. The number of ether oxygens (including phenoxy) is 1. The summed E-state index contributed by atoms with van der Waals surface area (Å²) in [6.07, 6.45) is 1.51. The largest absolute Gasteiger partial charge is 0.455 e. The standard InChI is InChI=1S/C26H21N7O3/c34-25(17-36-26(35)15-19-11-13-21(14-12-19)32-18-27-30-31-32)28-24-16-23(20-7-3-1-4-8-20)29-33(24)22-9-5-2-6-10-22/h1-14,16,18H,15,17H2,(H,28,34). The molecule has 0 bridgehead atoms. The number of nitrogens with zero attached hydrogens (tertiary/aromatic N) is 6. The molecule has 0 fully saturated rings. The summed E-state index contributed by atoms with van der Waals surface area (Å²) in [7, 11) is 0. The van der Waals surface area contributed by atoms with E-state index in [9.17, 15) is 9.59 Å². The van der Waals surface area contributed by atoms with Gasteiger partial charge in [-0.25, -0.2) is 9.36 Å². The number of rotatable bonds is 8. The Hall–Kier alpha value is -5.12. The van der Waals surface area contributed by atoms with Crippen LogP contribution in [0.4, 0.5) is 5.82 Å². The zero-order chi connectivity index (χ0) is 24.7. The number of carbonyl (C=O) groups excluding carboxylic acids is 2. The second-order valence-corrected chi connectivity index (χ2v) is 7.83. The van der Waals surface area contributed by atoms with E-state index in [1.165, 1.54) is 11.0 Å². The zero-order valence-corrected chi connectivity index (χ0v) is 19.1. The highest BCUT2D eigenvalue weighted by atomic mass is 16.5. The molecule has 0 radical (unpaired) electrons. The van der Waals surface area contributed by atoms with Crippen LogP contribution in [-0.4, -0.2) is 48.5 Å². The van der Waals surface area contributed by atoms with Gasteiger partial charge in [0.2, 0.25) is 0 Å². The van der Waals surface area contributed by atoms with Crippen LogP contribution in [0, 0.1) is 0 Å². The number of hydrogen-bond donors (Lipinski definition) is 1. The van der Waals surface area contributed by atoms with Crippen molar-refractivity contribution in [3.8, 4) is 22.6 Å². The SMILES string of the molecule is O=C(COC(=O)Cc1ccc(-n2cnnn2)cc1)Nc1cc(-c2ccccc2)nn1-c1ccccc1. The van der Waals surface area contributed by atoms with Crippen molar-refractivity contribution in [2.45, 2.75) is 6.42 Å². The molecule has 5 rings (SSSR count).